The van der Waals surface area contributed by atoms with Gasteiger partial charge in [-0.3, -0.25) is 4.79 Å². The van der Waals surface area contributed by atoms with Crippen molar-refractivity contribution in [2.24, 2.45) is 5.10 Å². The molecule has 136 valence electrons. The average molecular weight is 431 g/mol. The van der Waals surface area contributed by atoms with Crippen LogP contribution < -0.4 is 0 Å². The molecule has 0 spiro atoms. The predicted octanol–water partition coefficient (Wildman–Crippen LogP) is 4.09. The van der Waals surface area contributed by atoms with Gasteiger partial charge < -0.3 is 5.11 Å². The topological polar surface area (TPSA) is 52.9 Å². The van der Waals surface area contributed by atoms with Crippen LogP contribution in [-0.2, 0) is 0 Å². The second-order valence-electron chi connectivity index (χ2n) is 5.67. The number of carbonyl (C=O) groups is 1. The van der Waals surface area contributed by atoms with Crippen LogP contribution in [0.25, 0.3) is 0 Å². The Morgan fingerprint density at radius 1 is 1.19 bits per heavy atom. The number of alkyl halides is 3. The lowest BCUT2D eigenvalue weighted by atomic mass is 10.0. The molecule has 1 amide bonds. The van der Waals surface area contributed by atoms with E-state index in [4.69, 9.17) is 0 Å². The molecule has 4 nitrogen and oxygen atoms in total. The van der Waals surface area contributed by atoms with Crippen molar-refractivity contribution < 1.29 is 27.5 Å². The van der Waals surface area contributed by atoms with Crippen LogP contribution in [0.1, 0.15) is 22.3 Å². The Morgan fingerprint density at radius 2 is 1.85 bits per heavy atom. The maximum absolute atomic E-state index is 13.5. The van der Waals surface area contributed by atoms with Gasteiger partial charge in [0.15, 0.2) is 0 Å². The molecule has 1 heterocycles. The Hall–Kier alpha value is -2.26. The fourth-order valence-corrected chi connectivity index (χ4v) is 2.93. The van der Waals surface area contributed by atoms with Crippen LogP contribution in [0.4, 0.5) is 17.6 Å². The second kappa shape index (κ2) is 6.48. The van der Waals surface area contributed by atoms with E-state index in [1.54, 1.807) is 6.07 Å². The van der Waals surface area contributed by atoms with Crippen LogP contribution in [0.15, 0.2) is 58.1 Å². The summed E-state index contributed by atoms with van der Waals surface area (Å²) in [4.78, 5) is 12.6. The van der Waals surface area contributed by atoms with Gasteiger partial charge in [0.2, 0.25) is 0 Å². The molecule has 1 aliphatic rings. The van der Waals surface area contributed by atoms with Gasteiger partial charge in [0.25, 0.3) is 11.6 Å². The van der Waals surface area contributed by atoms with Gasteiger partial charge in [-0.1, -0.05) is 34.1 Å². The average Bonchev–Trinajstić information content (AvgIpc) is 2.94. The molecule has 1 N–H and O–H groups in total. The minimum absolute atomic E-state index is 0.0352. The standard InChI is InChI=1S/C17H11BrF4N2O2/c18-12-3-1-2-11(8-12)15(25)24-16(26,17(20,21)22)9-14(23-24)10-4-6-13(19)7-5-10/h1-8,26H,9H2/t16-/m0/s1. The van der Waals surface area contributed by atoms with Gasteiger partial charge in [0, 0.05) is 10.0 Å². The molecule has 0 fully saturated rings. The quantitative estimate of drug-likeness (QED) is 0.729. The number of halogens is 5. The third-order valence-electron chi connectivity index (χ3n) is 3.88. The maximum Gasteiger partial charge on any atom is 0.438 e. The molecule has 26 heavy (non-hydrogen) atoms. The van der Waals surface area contributed by atoms with E-state index >= 15 is 0 Å². The summed E-state index contributed by atoms with van der Waals surface area (Å²) in [7, 11) is 0. The third-order valence-corrected chi connectivity index (χ3v) is 4.37. The highest BCUT2D eigenvalue weighted by atomic mass is 79.9. The summed E-state index contributed by atoms with van der Waals surface area (Å²) in [6, 6.07) is 10.3. The van der Waals surface area contributed by atoms with Gasteiger partial charge in [-0.25, -0.2) is 4.39 Å². The van der Waals surface area contributed by atoms with Crippen molar-refractivity contribution in [2.45, 2.75) is 18.3 Å². The largest absolute Gasteiger partial charge is 0.438 e. The van der Waals surface area contributed by atoms with Crippen LogP contribution in [0.3, 0.4) is 0 Å². The Morgan fingerprint density at radius 3 is 2.42 bits per heavy atom. The summed E-state index contributed by atoms with van der Waals surface area (Å²) in [5, 5.41) is 14.0. The highest BCUT2D eigenvalue weighted by molar-refractivity contribution is 9.10. The molecule has 0 saturated carbocycles. The Labute approximate surface area is 153 Å². The third kappa shape index (κ3) is 3.24. The Balaban J connectivity index is 2.05. The van der Waals surface area contributed by atoms with E-state index in [1.807, 2.05) is 0 Å². The summed E-state index contributed by atoms with van der Waals surface area (Å²) in [6.07, 6.45) is -6.10. The molecule has 0 radical (unpaired) electrons. The van der Waals surface area contributed by atoms with E-state index in [-0.39, 0.29) is 21.8 Å². The van der Waals surface area contributed by atoms with Gasteiger partial charge >= 0.3 is 6.18 Å². The first-order valence-electron chi connectivity index (χ1n) is 7.34. The first kappa shape index (κ1) is 18.5. The number of nitrogens with zero attached hydrogens (tertiary/aromatic N) is 2. The predicted molar refractivity (Wildman–Crippen MR) is 88.9 cm³/mol. The van der Waals surface area contributed by atoms with Crippen molar-refractivity contribution in [1.82, 2.24) is 5.01 Å². The molecular formula is C17H11BrF4N2O2. The summed E-state index contributed by atoms with van der Waals surface area (Å²) in [6.45, 7) is 0. The minimum atomic E-state index is -5.14. The number of benzene rings is 2. The summed E-state index contributed by atoms with van der Waals surface area (Å²) in [5.74, 6) is -1.68. The number of rotatable bonds is 2. The van der Waals surface area contributed by atoms with E-state index in [1.165, 1.54) is 30.3 Å². The Bertz CT molecular complexity index is 883. The second-order valence-corrected chi connectivity index (χ2v) is 6.59. The van der Waals surface area contributed by atoms with Crippen LogP contribution in [0.2, 0.25) is 0 Å². The van der Waals surface area contributed by atoms with Crippen LogP contribution in [-0.4, -0.2) is 33.6 Å². The van der Waals surface area contributed by atoms with E-state index in [9.17, 15) is 27.5 Å². The Kier molecular flexibility index (Phi) is 4.61. The molecule has 0 aromatic heterocycles. The number of hydrazone groups is 1. The van der Waals surface area contributed by atoms with Gasteiger partial charge in [-0.15, -0.1) is 0 Å². The highest BCUT2D eigenvalue weighted by Crippen LogP contribution is 2.42. The van der Waals surface area contributed by atoms with Gasteiger partial charge in [0.1, 0.15) is 5.82 Å². The van der Waals surface area contributed by atoms with Crippen LogP contribution in [0, 0.1) is 5.82 Å². The molecule has 1 aliphatic heterocycles. The van der Waals surface area contributed by atoms with Gasteiger partial charge in [0.05, 0.1) is 12.1 Å². The monoisotopic (exact) mass is 430 g/mol. The molecule has 9 heteroatoms. The molecule has 0 bridgehead atoms. The molecule has 0 unspecified atom stereocenters. The van der Waals surface area contributed by atoms with Crippen molar-refractivity contribution in [1.29, 1.82) is 0 Å². The normalized spacial score (nSPS) is 20.2. The molecule has 0 aliphatic carbocycles. The van der Waals surface area contributed by atoms with E-state index in [2.05, 4.69) is 21.0 Å². The molecule has 2 aromatic carbocycles. The number of amides is 1. The van der Waals surface area contributed by atoms with Crippen LogP contribution >= 0.6 is 15.9 Å². The minimum Gasteiger partial charge on any atom is -0.362 e. The lowest BCUT2D eigenvalue weighted by molar-refractivity contribution is -0.297. The lowest BCUT2D eigenvalue weighted by Gasteiger charge is -2.32. The molecular weight excluding hydrogens is 420 g/mol. The smallest absolute Gasteiger partial charge is 0.362 e. The lowest BCUT2D eigenvalue weighted by Crippen LogP contribution is -2.56. The van der Waals surface area contributed by atoms with E-state index in [0.29, 0.717) is 4.47 Å². The summed E-state index contributed by atoms with van der Waals surface area (Å²) < 4.78 is 54.1. The zero-order chi connectivity index (χ0) is 19.1. The van der Waals surface area contributed by atoms with Gasteiger partial charge in [-0.05, 0) is 35.9 Å². The van der Waals surface area contributed by atoms with Crippen molar-refractivity contribution >= 4 is 27.5 Å². The molecule has 1 atom stereocenters. The molecule has 3 rings (SSSR count). The van der Waals surface area contributed by atoms with Crippen molar-refractivity contribution in [3.05, 3.63) is 69.9 Å². The number of carbonyl (C=O) groups excluding carboxylic acids is 1. The number of hydrogen-bond acceptors (Lipinski definition) is 3. The van der Waals surface area contributed by atoms with Gasteiger partial charge in [-0.2, -0.15) is 23.3 Å². The SMILES string of the molecule is O=C(c1cccc(Br)c1)N1N=C(c2ccc(F)cc2)C[C@]1(O)C(F)(F)F. The van der Waals surface area contributed by atoms with E-state index in [0.717, 1.165) is 12.1 Å². The zero-order valence-electron chi connectivity index (χ0n) is 13.0. The van der Waals surface area contributed by atoms with E-state index < -0.39 is 30.0 Å². The molecule has 0 saturated heterocycles. The summed E-state index contributed by atoms with van der Waals surface area (Å²) >= 11 is 3.14. The highest BCUT2D eigenvalue weighted by Gasteiger charge is 2.63. The maximum atomic E-state index is 13.5. The van der Waals surface area contributed by atoms with Crippen molar-refractivity contribution in [2.75, 3.05) is 0 Å². The fourth-order valence-electron chi connectivity index (χ4n) is 2.53. The fraction of sp³-hybridized carbons (Fsp3) is 0.176. The molecule has 2 aromatic rings. The number of hydrogen-bond donors (Lipinski definition) is 1. The van der Waals surface area contributed by atoms with Crippen LogP contribution in [0.5, 0.6) is 0 Å². The summed E-state index contributed by atoms with van der Waals surface area (Å²) in [5.41, 5.74) is -3.56. The first-order valence-corrected chi connectivity index (χ1v) is 8.14. The number of aliphatic hydroxyl groups is 1. The van der Waals surface area contributed by atoms with Crippen molar-refractivity contribution in [3.63, 3.8) is 0 Å². The van der Waals surface area contributed by atoms with Crippen molar-refractivity contribution in [3.8, 4) is 0 Å². The first-order chi connectivity index (χ1) is 12.1. The zero-order valence-corrected chi connectivity index (χ0v) is 14.6.